The Hall–Kier alpha value is -1.69. The van der Waals surface area contributed by atoms with Crippen molar-refractivity contribution in [2.24, 2.45) is 0 Å². The van der Waals surface area contributed by atoms with Gasteiger partial charge in [-0.2, -0.15) is 0 Å². The summed E-state index contributed by atoms with van der Waals surface area (Å²) in [6.07, 6.45) is 1.27. The molecule has 136 valence electrons. The van der Waals surface area contributed by atoms with Crippen LogP contribution in [-0.2, 0) is 12.8 Å². The highest BCUT2D eigenvalue weighted by atomic mass is 79.9. The van der Waals surface area contributed by atoms with E-state index in [1.807, 2.05) is 35.2 Å². The van der Waals surface area contributed by atoms with E-state index in [1.165, 1.54) is 11.1 Å². The number of piperazine rings is 1. The van der Waals surface area contributed by atoms with Crippen molar-refractivity contribution in [2.75, 3.05) is 26.2 Å². The molecule has 1 amide bonds. The van der Waals surface area contributed by atoms with E-state index in [1.54, 1.807) is 0 Å². The summed E-state index contributed by atoms with van der Waals surface area (Å²) >= 11 is 3.40. The second kappa shape index (κ2) is 7.51. The fourth-order valence-corrected chi connectivity index (χ4v) is 4.35. The zero-order valence-electron chi connectivity index (χ0n) is 14.6. The molecule has 1 saturated heterocycles. The van der Waals surface area contributed by atoms with Crippen LogP contribution >= 0.6 is 15.9 Å². The number of aliphatic hydroxyl groups excluding tert-OH is 1. The summed E-state index contributed by atoms with van der Waals surface area (Å²) in [5.41, 5.74) is 3.34. The lowest BCUT2D eigenvalue weighted by atomic mass is 9.84. The summed E-state index contributed by atoms with van der Waals surface area (Å²) in [4.78, 5) is 16.9. The monoisotopic (exact) mass is 413 g/mol. The van der Waals surface area contributed by atoms with Crippen LogP contribution in [0.5, 0.6) is 0 Å². The van der Waals surface area contributed by atoms with Crippen molar-refractivity contribution in [2.45, 2.75) is 25.0 Å². The van der Waals surface area contributed by atoms with Gasteiger partial charge in [-0.1, -0.05) is 40.2 Å². The summed E-state index contributed by atoms with van der Waals surface area (Å²) in [6.45, 7) is 3.04. The fraction of sp³-hybridized carbons (Fsp3) is 0.381. The topological polar surface area (TPSA) is 43.8 Å². The van der Waals surface area contributed by atoms with E-state index in [-0.39, 0.29) is 18.1 Å². The van der Waals surface area contributed by atoms with Crippen molar-refractivity contribution >= 4 is 21.8 Å². The molecule has 26 heavy (non-hydrogen) atoms. The Morgan fingerprint density at radius 3 is 2.19 bits per heavy atom. The standard InChI is InChI=1S/C21H23BrN2O2/c22-18-7-5-15(6-8-18)21(26)24-11-9-23(10-12-24)19-13-16-3-1-2-4-17(16)14-20(19)25/h1-8,19-20,25H,9-14H2/t19-,20-/m1/s1/i21-1. The maximum absolute atomic E-state index is 12.7. The van der Waals surface area contributed by atoms with Gasteiger partial charge in [-0.3, -0.25) is 9.69 Å². The first-order valence-corrected chi connectivity index (χ1v) is 9.95. The summed E-state index contributed by atoms with van der Waals surface area (Å²) < 4.78 is 0.977. The van der Waals surface area contributed by atoms with Crippen molar-refractivity contribution in [1.29, 1.82) is 0 Å². The normalized spacial score (nSPS) is 23.5. The van der Waals surface area contributed by atoms with Gasteiger partial charge < -0.3 is 10.0 Å². The molecule has 1 aliphatic carbocycles. The maximum Gasteiger partial charge on any atom is 0.253 e. The van der Waals surface area contributed by atoms with E-state index in [0.29, 0.717) is 13.1 Å². The van der Waals surface area contributed by atoms with Gasteiger partial charge in [-0.25, -0.2) is 0 Å². The molecule has 4 rings (SSSR count). The zero-order chi connectivity index (χ0) is 18.1. The third-order valence-corrected chi connectivity index (χ3v) is 6.11. The predicted molar refractivity (Wildman–Crippen MR) is 105 cm³/mol. The first-order chi connectivity index (χ1) is 12.6. The molecule has 2 atom stereocenters. The zero-order valence-corrected chi connectivity index (χ0v) is 16.2. The van der Waals surface area contributed by atoms with E-state index < -0.39 is 0 Å². The number of carbonyl (C=O) groups excluding carboxylic acids is 1. The predicted octanol–water partition coefficient (Wildman–Crippen LogP) is 2.74. The van der Waals surface area contributed by atoms with Crippen molar-refractivity contribution in [3.05, 3.63) is 69.7 Å². The molecule has 0 saturated carbocycles. The molecule has 1 N–H and O–H groups in total. The molecule has 2 aliphatic rings. The molecule has 0 spiro atoms. The van der Waals surface area contributed by atoms with Crippen LogP contribution in [0.4, 0.5) is 0 Å². The number of rotatable bonds is 2. The van der Waals surface area contributed by atoms with Crippen molar-refractivity contribution < 1.29 is 9.90 Å². The highest BCUT2D eigenvalue weighted by Crippen LogP contribution is 2.26. The summed E-state index contributed by atoms with van der Waals surface area (Å²) in [5.74, 6) is 0.0895. The number of aliphatic hydroxyl groups is 1. The molecular weight excluding hydrogens is 391 g/mol. The van der Waals surface area contributed by atoms with Gasteiger partial charge in [0.25, 0.3) is 5.91 Å². The summed E-state index contributed by atoms with van der Waals surface area (Å²) in [6, 6.07) is 16.1. The molecule has 2 aromatic carbocycles. The lowest BCUT2D eigenvalue weighted by molar-refractivity contribution is 0.0144. The van der Waals surface area contributed by atoms with Gasteiger partial charge in [-0.05, 0) is 41.8 Å². The fourth-order valence-electron chi connectivity index (χ4n) is 4.08. The Labute approximate surface area is 162 Å². The molecule has 0 bridgehead atoms. The highest BCUT2D eigenvalue weighted by molar-refractivity contribution is 9.10. The number of amides is 1. The number of hydrogen-bond donors (Lipinski definition) is 1. The number of nitrogens with zero attached hydrogens (tertiary/aromatic N) is 2. The van der Waals surface area contributed by atoms with E-state index in [0.717, 1.165) is 36.0 Å². The average Bonchev–Trinajstić information content (AvgIpc) is 2.68. The lowest BCUT2D eigenvalue weighted by Gasteiger charge is -2.43. The van der Waals surface area contributed by atoms with Gasteiger partial charge in [0.2, 0.25) is 0 Å². The van der Waals surface area contributed by atoms with E-state index >= 15 is 0 Å². The number of fused-ring (bicyclic) bond motifs is 1. The lowest BCUT2D eigenvalue weighted by Crippen LogP contribution is -2.56. The Morgan fingerprint density at radius 1 is 0.923 bits per heavy atom. The molecule has 1 fully saturated rings. The molecule has 0 radical (unpaired) electrons. The number of carbonyl (C=O) groups is 1. The molecule has 1 aliphatic heterocycles. The Morgan fingerprint density at radius 2 is 1.54 bits per heavy atom. The molecule has 0 aromatic heterocycles. The van der Waals surface area contributed by atoms with Crippen LogP contribution in [0.2, 0.25) is 0 Å². The Kier molecular flexibility index (Phi) is 5.11. The molecule has 5 heteroatoms. The van der Waals surface area contributed by atoms with E-state index in [2.05, 4.69) is 39.0 Å². The van der Waals surface area contributed by atoms with Crippen molar-refractivity contribution in [3.63, 3.8) is 0 Å². The minimum Gasteiger partial charge on any atom is -0.391 e. The van der Waals surface area contributed by atoms with Crippen LogP contribution in [0.3, 0.4) is 0 Å². The van der Waals surface area contributed by atoms with Crippen molar-refractivity contribution in [3.8, 4) is 0 Å². The molecule has 2 aromatic rings. The first kappa shape index (κ1) is 17.7. The maximum atomic E-state index is 12.7. The van der Waals surface area contributed by atoms with Gasteiger partial charge in [-0.15, -0.1) is 0 Å². The second-order valence-corrected chi connectivity index (χ2v) is 8.06. The van der Waals surface area contributed by atoms with Crippen LogP contribution in [0.25, 0.3) is 0 Å². The number of benzene rings is 2. The van der Waals surface area contributed by atoms with Gasteiger partial charge in [0.15, 0.2) is 0 Å². The largest absolute Gasteiger partial charge is 0.391 e. The third-order valence-electron chi connectivity index (χ3n) is 5.58. The van der Waals surface area contributed by atoms with Crippen LogP contribution in [0.15, 0.2) is 53.0 Å². The van der Waals surface area contributed by atoms with Crippen LogP contribution < -0.4 is 0 Å². The second-order valence-electron chi connectivity index (χ2n) is 7.15. The minimum absolute atomic E-state index is 0.0895. The summed E-state index contributed by atoms with van der Waals surface area (Å²) in [7, 11) is 0. The van der Waals surface area contributed by atoms with Gasteiger partial charge in [0.05, 0.1) is 6.10 Å². The van der Waals surface area contributed by atoms with Gasteiger partial charge >= 0.3 is 0 Å². The van der Waals surface area contributed by atoms with Gasteiger partial charge in [0, 0.05) is 48.7 Å². The quantitative estimate of drug-likeness (QED) is 0.822. The van der Waals surface area contributed by atoms with E-state index in [9.17, 15) is 9.90 Å². The first-order valence-electron chi connectivity index (χ1n) is 9.15. The van der Waals surface area contributed by atoms with Crippen molar-refractivity contribution in [1.82, 2.24) is 9.80 Å². The SMILES string of the molecule is O=[11C](c1ccc(Br)cc1)N1CCN([C@@H]2Cc3ccccc3C[C@H]2O)CC1. The highest BCUT2D eigenvalue weighted by Gasteiger charge is 2.34. The van der Waals surface area contributed by atoms with Gasteiger partial charge in [0.1, 0.15) is 0 Å². The molecule has 4 nitrogen and oxygen atoms in total. The third kappa shape index (κ3) is 3.56. The van der Waals surface area contributed by atoms with Crippen LogP contribution in [-0.4, -0.2) is 59.1 Å². The average molecular weight is 414 g/mol. The Balaban J connectivity index is 1.39. The molecular formula is C21H23BrN2O2. The number of hydrogen-bond acceptors (Lipinski definition) is 3. The smallest absolute Gasteiger partial charge is 0.253 e. The molecule has 1 heterocycles. The number of halogens is 1. The Bertz CT molecular complexity index is 785. The van der Waals surface area contributed by atoms with Crippen LogP contribution in [0.1, 0.15) is 21.5 Å². The van der Waals surface area contributed by atoms with E-state index in [4.69, 9.17) is 0 Å². The minimum atomic E-state index is -0.335. The molecule has 0 unspecified atom stereocenters. The summed E-state index contributed by atoms with van der Waals surface area (Å²) in [5, 5.41) is 10.6. The van der Waals surface area contributed by atoms with Crippen LogP contribution in [0, 0.1) is 0 Å².